The van der Waals surface area contributed by atoms with Crippen LogP contribution in [0.15, 0.2) is 156 Å². The predicted molar refractivity (Wildman–Crippen MR) is 204 cm³/mol. The molecule has 10 rings (SSSR count). The monoisotopic (exact) mass is 641 g/mol. The number of aromatic nitrogens is 3. The first kappa shape index (κ1) is 28.6. The van der Waals surface area contributed by atoms with Gasteiger partial charge in [-0.2, -0.15) is 0 Å². The van der Waals surface area contributed by atoms with Gasteiger partial charge in [0, 0.05) is 38.3 Å². The van der Waals surface area contributed by atoms with E-state index in [1.54, 1.807) is 0 Å². The zero-order chi connectivity index (χ0) is 33.4. The second-order valence-corrected chi connectivity index (χ2v) is 13.6. The van der Waals surface area contributed by atoms with E-state index in [4.69, 9.17) is 19.4 Å². The molecule has 9 aromatic rings. The van der Waals surface area contributed by atoms with Crippen LogP contribution in [0.5, 0.6) is 0 Å². The van der Waals surface area contributed by atoms with Gasteiger partial charge in [-0.1, -0.05) is 159 Å². The van der Waals surface area contributed by atoms with Crippen LogP contribution in [-0.4, -0.2) is 15.0 Å². The van der Waals surface area contributed by atoms with Crippen LogP contribution in [0, 0.1) is 0 Å². The molecular formula is C46H31N3O. The Morgan fingerprint density at radius 2 is 0.980 bits per heavy atom. The van der Waals surface area contributed by atoms with Crippen molar-refractivity contribution < 1.29 is 4.42 Å². The number of hydrogen-bond donors (Lipinski definition) is 0. The molecule has 4 heteroatoms. The van der Waals surface area contributed by atoms with E-state index >= 15 is 0 Å². The Balaban J connectivity index is 1.25. The van der Waals surface area contributed by atoms with Gasteiger partial charge in [0.15, 0.2) is 17.5 Å². The second-order valence-electron chi connectivity index (χ2n) is 13.6. The van der Waals surface area contributed by atoms with Crippen LogP contribution in [0.2, 0.25) is 0 Å². The number of furan rings is 1. The van der Waals surface area contributed by atoms with Crippen molar-refractivity contribution in [1.82, 2.24) is 15.0 Å². The van der Waals surface area contributed by atoms with Gasteiger partial charge in [0.1, 0.15) is 11.2 Å². The van der Waals surface area contributed by atoms with Crippen LogP contribution in [0.25, 0.3) is 89.1 Å². The lowest BCUT2D eigenvalue weighted by Crippen LogP contribution is -2.15. The summed E-state index contributed by atoms with van der Waals surface area (Å²) in [5, 5.41) is 4.60. The van der Waals surface area contributed by atoms with Crippen molar-refractivity contribution in [3.8, 4) is 56.4 Å². The summed E-state index contributed by atoms with van der Waals surface area (Å²) in [7, 11) is 0. The van der Waals surface area contributed by atoms with E-state index in [9.17, 15) is 0 Å². The number of para-hydroxylation sites is 1. The molecule has 2 heterocycles. The van der Waals surface area contributed by atoms with Crippen molar-refractivity contribution in [3.05, 3.63) is 163 Å². The lowest BCUT2D eigenvalue weighted by molar-refractivity contribution is 0.659. The first-order valence-electron chi connectivity index (χ1n) is 17.0. The first-order valence-corrected chi connectivity index (χ1v) is 17.0. The van der Waals surface area contributed by atoms with Crippen molar-refractivity contribution in [3.63, 3.8) is 0 Å². The van der Waals surface area contributed by atoms with Crippen molar-refractivity contribution in [2.24, 2.45) is 0 Å². The third-order valence-corrected chi connectivity index (χ3v) is 10.3. The number of benzene rings is 7. The Bertz CT molecular complexity index is 2760. The van der Waals surface area contributed by atoms with Crippen LogP contribution in [0.1, 0.15) is 25.0 Å². The smallest absolute Gasteiger partial charge is 0.164 e. The van der Waals surface area contributed by atoms with Crippen LogP contribution >= 0.6 is 0 Å². The van der Waals surface area contributed by atoms with E-state index in [0.717, 1.165) is 44.2 Å². The molecule has 1 aliphatic rings. The largest absolute Gasteiger partial charge is 0.455 e. The topological polar surface area (TPSA) is 51.8 Å². The van der Waals surface area contributed by atoms with Gasteiger partial charge in [-0.15, -0.1) is 0 Å². The molecule has 236 valence electrons. The molecule has 0 N–H and O–H groups in total. The molecule has 0 atom stereocenters. The molecule has 0 saturated heterocycles. The fraction of sp³-hybridized carbons (Fsp3) is 0.0652. The minimum atomic E-state index is -0.305. The van der Waals surface area contributed by atoms with E-state index in [-0.39, 0.29) is 5.41 Å². The molecule has 0 unspecified atom stereocenters. The van der Waals surface area contributed by atoms with E-state index in [1.165, 1.54) is 38.6 Å². The number of rotatable bonds is 4. The average molecular weight is 642 g/mol. The molecule has 0 bridgehead atoms. The average Bonchev–Trinajstić information content (AvgIpc) is 3.68. The lowest BCUT2D eigenvalue weighted by atomic mass is 9.79. The summed E-state index contributed by atoms with van der Waals surface area (Å²) >= 11 is 0. The first-order chi connectivity index (χ1) is 24.6. The molecule has 0 aliphatic heterocycles. The van der Waals surface area contributed by atoms with Crippen LogP contribution < -0.4 is 0 Å². The van der Waals surface area contributed by atoms with Gasteiger partial charge in [-0.3, -0.25) is 0 Å². The minimum absolute atomic E-state index is 0.305. The normalized spacial score (nSPS) is 13.2. The molecule has 50 heavy (non-hydrogen) atoms. The van der Waals surface area contributed by atoms with Crippen molar-refractivity contribution in [1.29, 1.82) is 0 Å². The SMILES string of the molecule is CC1(C)c2cccc(-c3nc(-c4ccccc4)nc(-c4ccc(-c5ccccc5)cc4)n3)c2-c2c1c1c3ccccc3oc1c1ccccc21. The Kier molecular flexibility index (Phi) is 6.19. The summed E-state index contributed by atoms with van der Waals surface area (Å²) in [6.45, 7) is 4.67. The maximum absolute atomic E-state index is 6.63. The van der Waals surface area contributed by atoms with Crippen LogP contribution in [0.4, 0.5) is 0 Å². The molecular weight excluding hydrogens is 611 g/mol. The van der Waals surface area contributed by atoms with Gasteiger partial charge < -0.3 is 4.42 Å². The predicted octanol–water partition coefficient (Wildman–Crippen LogP) is 11.9. The van der Waals surface area contributed by atoms with Gasteiger partial charge in [-0.25, -0.2) is 15.0 Å². The van der Waals surface area contributed by atoms with Crippen LogP contribution in [0.3, 0.4) is 0 Å². The molecule has 7 aromatic carbocycles. The maximum atomic E-state index is 6.63. The third kappa shape index (κ3) is 4.21. The molecule has 0 spiro atoms. The molecule has 0 fully saturated rings. The van der Waals surface area contributed by atoms with Gasteiger partial charge >= 0.3 is 0 Å². The highest BCUT2D eigenvalue weighted by Gasteiger charge is 2.41. The third-order valence-electron chi connectivity index (χ3n) is 10.3. The fourth-order valence-corrected chi connectivity index (χ4v) is 7.97. The summed E-state index contributed by atoms with van der Waals surface area (Å²) in [6.07, 6.45) is 0. The van der Waals surface area contributed by atoms with Gasteiger partial charge in [0.2, 0.25) is 0 Å². The summed E-state index contributed by atoms with van der Waals surface area (Å²) in [6, 6.07) is 52.7. The Hall–Kier alpha value is -6.39. The second kappa shape index (κ2) is 10.8. The highest BCUT2D eigenvalue weighted by atomic mass is 16.3. The van der Waals surface area contributed by atoms with Crippen molar-refractivity contribution in [2.75, 3.05) is 0 Å². The zero-order valence-corrected chi connectivity index (χ0v) is 27.7. The highest BCUT2D eigenvalue weighted by molar-refractivity contribution is 6.24. The summed E-state index contributed by atoms with van der Waals surface area (Å²) in [4.78, 5) is 15.5. The molecule has 2 aromatic heterocycles. The van der Waals surface area contributed by atoms with Crippen molar-refractivity contribution in [2.45, 2.75) is 19.3 Å². The molecule has 0 saturated carbocycles. The Morgan fingerprint density at radius 1 is 0.440 bits per heavy atom. The Morgan fingerprint density at radius 3 is 1.70 bits per heavy atom. The van der Waals surface area contributed by atoms with E-state index < -0.39 is 0 Å². The number of hydrogen-bond acceptors (Lipinski definition) is 4. The molecule has 0 amide bonds. The van der Waals surface area contributed by atoms with E-state index in [1.807, 2.05) is 30.3 Å². The molecule has 4 nitrogen and oxygen atoms in total. The zero-order valence-electron chi connectivity index (χ0n) is 27.7. The quantitative estimate of drug-likeness (QED) is 0.192. The summed E-state index contributed by atoms with van der Waals surface area (Å²) in [5.74, 6) is 1.95. The lowest BCUT2D eigenvalue weighted by Gasteiger charge is -2.23. The summed E-state index contributed by atoms with van der Waals surface area (Å²) in [5.41, 5.74) is 11.7. The number of nitrogens with zero attached hydrogens (tertiary/aromatic N) is 3. The van der Waals surface area contributed by atoms with Gasteiger partial charge in [0.05, 0.1) is 0 Å². The molecule has 1 aliphatic carbocycles. The van der Waals surface area contributed by atoms with E-state index in [0.29, 0.717) is 17.5 Å². The van der Waals surface area contributed by atoms with Crippen molar-refractivity contribution >= 4 is 32.7 Å². The van der Waals surface area contributed by atoms with E-state index in [2.05, 4.69) is 135 Å². The maximum Gasteiger partial charge on any atom is 0.164 e. The molecule has 0 radical (unpaired) electrons. The Labute approximate surface area is 289 Å². The van der Waals surface area contributed by atoms with Crippen LogP contribution in [-0.2, 0) is 5.41 Å². The fourth-order valence-electron chi connectivity index (χ4n) is 7.97. The minimum Gasteiger partial charge on any atom is -0.455 e. The van der Waals surface area contributed by atoms with Gasteiger partial charge in [0.25, 0.3) is 0 Å². The highest BCUT2D eigenvalue weighted by Crippen LogP contribution is 2.58. The number of fused-ring (bicyclic) bond motifs is 10. The standard InChI is InChI=1S/C46H31N3O/c1-46(2)36-22-13-21-35(38(36)39-32-18-9-10-19-33(32)42-40(41(39)46)34-20-11-12-23-37(34)50-42)45-48-43(30-16-7-4-8-17-30)47-44(49-45)31-26-24-29(25-27-31)28-14-5-3-6-15-28/h3-27H,1-2H3. The summed E-state index contributed by atoms with van der Waals surface area (Å²) < 4.78 is 6.63. The van der Waals surface area contributed by atoms with Gasteiger partial charge in [-0.05, 0) is 44.8 Å².